The highest BCUT2D eigenvalue weighted by atomic mass is 127. The Labute approximate surface area is 168 Å². The van der Waals surface area contributed by atoms with Crippen LogP contribution in [0.1, 0.15) is 25.7 Å². The van der Waals surface area contributed by atoms with Gasteiger partial charge in [-0.1, -0.05) is 12.8 Å². The number of nitrogen functional groups attached to an aromatic ring is 1. The number of carbonyl (C=O) groups excluding carboxylic acids is 1. The Balaban J connectivity index is 2.01. The van der Waals surface area contributed by atoms with Crippen LogP contribution in [0.15, 0.2) is 11.0 Å². The van der Waals surface area contributed by atoms with Crippen molar-refractivity contribution in [2.24, 2.45) is 5.92 Å². The summed E-state index contributed by atoms with van der Waals surface area (Å²) in [6, 6.07) is 0. The topological polar surface area (TPSA) is 157 Å². The van der Waals surface area contributed by atoms with Gasteiger partial charge in [0.25, 0.3) is 5.72 Å². The Morgan fingerprint density at radius 3 is 2.70 bits per heavy atom. The van der Waals surface area contributed by atoms with Crippen LogP contribution >= 0.6 is 22.6 Å². The maximum Gasteiger partial charge on any atom is 0.363 e. The van der Waals surface area contributed by atoms with Gasteiger partial charge in [0.2, 0.25) is 0 Å². The van der Waals surface area contributed by atoms with E-state index in [0.29, 0.717) is 3.57 Å². The second-order valence-corrected chi connectivity index (χ2v) is 8.01. The van der Waals surface area contributed by atoms with Crippen molar-refractivity contribution in [2.45, 2.75) is 49.7 Å². The van der Waals surface area contributed by atoms with Crippen molar-refractivity contribution in [3.63, 3.8) is 0 Å². The number of nitrogens with two attached hydrogens (primary N) is 1. The van der Waals surface area contributed by atoms with Gasteiger partial charge in [-0.05, 0) is 41.4 Å². The van der Waals surface area contributed by atoms with Crippen LogP contribution in [0.4, 0.5) is 5.82 Å². The van der Waals surface area contributed by atoms with E-state index in [1.165, 1.54) is 6.20 Å². The predicted molar refractivity (Wildman–Crippen MR) is 100 cm³/mol. The Hall–Kier alpha value is -1.28. The van der Waals surface area contributed by atoms with Crippen molar-refractivity contribution < 1.29 is 29.6 Å². The van der Waals surface area contributed by atoms with Crippen molar-refractivity contribution in [3.8, 4) is 0 Å². The lowest BCUT2D eigenvalue weighted by atomic mass is 10.0. The molecule has 2 fully saturated rings. The number of esters is 1. The Morgan fingerprint density at radius 2 is 2.11 bits per heavy atom. The summed E-state index contributed by atoms with van der Waals surface area (Å²) < 4.78 is 12.0. The molecular weight excluding hydrogens is 473 g/mol. The van der Waals surface area contributed by atoms with Gasteiger partial charge >= 0.3 is 11.7 Å². The molecule has 0 radical (unpaired) electrons. The molecule has 0 bridgehead atoms. The Kier molecular flexibility index (Phi) is 6.05. The molecule has 4 atom stereocenters. The first-order valence-corrected chi connectivity index (χ1v) is 9.76. The zero-order valence-electron chi connectivity index (χ0n) is 14.5. The molecule has 2 aliphatic rings. The fraction of sp³-hybridized carbons (Fsp3) is 0.688. The number of ether oxygens (including phenoxy) is 2. The maximum atomic E-state index is 13.0. The van der Waals surface area contributed by atoms with Crippen LogP contribution in [0.2, 0.25) is 0 Å². The molecule has 1 aromatic rings. The SMILES string of the molecule is Nc1nc(=O)n([C@]2(C(=O)OCC3CCCC3)O[C@H](CO)[C@@H](O)[C@H]2O)cc1I. The lowest BCUT2D eigenvalue weighted by Crippen LogP contribution is -2.57. The van der Waals surface area contributed by atoms with Crippen LogP contribution in [0.3, 0.4) is 0 Å². The molecular formula is C16H22IN3O7. The van der Waals surface area contributed by atoms with Crippen LogP contribution in [-0.2, 0) is 20.0 Å². The quantitative estimate of drug-likeness (QED) is 0.295. The van der Waals surface area contributed by atoms with Gasteiger partial charge in [0, 0.05) is 6.20 Å². The van der Waals surface area contributed by atoms with Crippen molar-refractivity contribution in [1.29, 1.82) is 0 Å². The highest BCUT2D eigenvalue weighted by Crippen LogP contribution is 2.37. The van der Waals surface area contributed by atoms with Crippen molar-refractivity contribution in [3.05, 3.63) is 20.3 Å². The van der Waals surface area contributed by atoms with E-state index in [0.717, 1.165) is 30.3 Å². The third-order valence-electron chi connectivity index (χ3n) is 5.10. The average molecular weight is 495 g/mol. The second-order valence-electron chi connectivity index (χ2n) is 6.85. The number of aliphatic hydroxyl groups is 3. The zero-order valence-corrected chi connectivity index (χ0v) is 16.6. The molecule has 0 aromatic carbocycles. The summed E-state index contributed by atoms with van der Waals surface area (Å²) in [5.74, 6) is -0.871. The molecule has 10 nitrogen and oxygen atoms in total. The molecule has 27 heavy (non-hydrogen) atoms. The molecule has 1 aliphatic carbocycles. The number of nitrogens with zero attached hydrogens (tertiary/aromatic N) is 2. The summed E-state index contributed by atoms with van der Waals surface area (Å²) in [6.07, 6.45) is 0.438. The number of hydrogen-bond acceptors (Lipinski definition) is 9. The van der Waals surface area contributed by atoms with Crippen molar-refractivity contribution in [1.82, 2.24) is 9.55 Å². The summed E-state index contributed by atoms with van der Waals surface area (Å²) >= 11 is 1.81. The summed E-state index contributed by atoms with van der Waals surface area (Å²) in [4.78, 5) is 29.0. The Morgan fingerprint density at radius 1 is 1.44 bits per heavy atom. The smallest absolute Gasteiger partial charge is 0.363 e. The van der Waals surface area contributed by atoms with Gasteiger partial charge in [-0.25, -0.2) is 9.59 Å². The van der Waals surface area contributed by atoms with E-state index in [1.54, 1.807) is 0 Å². The third-order valence-corrected chi connectivity index (χ3v) is 5.93. The van der Waals surface area contributed by atoms with Crippen molar-refractivity contribution in [2.75, 3.05) is 18.9 Å². The molecule has 1 saturated heterocycles. The van der Waals surface area contributed by atoms with Gasteiger partial charge in [0.1, 0.15) is 24.1 Å². The summed E-state index contributed by atoms with van der Waals surface area (Å²) in [7, 11) is 0. The van der Waals surface area contributed by atoms with E-state index < -0.39 is 42.3 Å². The number of halogens is 1. The van der Waals surface area contributed by atoms with Gasteiger partial charge in [-0.15, -0.1) is 0 Å². The largest absolute Gasteiger partial charge is 0.462 e. The third kappa shape index (κ3) is 3.58. The van der Waals surface area contributed by atoms with Crippen LogP contribution in [0.25, 0.3) is 0 Å². The van der Waals surface area contributed by atoms with Gasteiger partial charge in [-0.3, -0.25) is 4.57 Å². The zero-order chi connectivity index (χ0) is 19.8. The molecule has 5 N–H and O–H groups in total. The van der Waals surface area contributed by atoms with E-state index in [-0.39, 0.29) is 18.3 Å². The van der Waals surface area contributed by atoms with Crippen LogP contribution in [-0.4, -0.2) is 62.4 Å². The van der Waals surface area contributed by atoms with E-state index in [4.69, 9.17) is 15.2 Å². The minimum absolute atomic E-state index is 0.0435. The van der Waals surface area contributed by atoms with E-state index in [2.05, 4.69) is 4.98 Å². The molecule has 3 rings (SSSR count). The number of rotatable bonds is 5. The second kappa shape index (κ2) is 7.99. The maximum absolute atomic E-state index is 13.0. The van der Waals surface area contributed by atoms with E-state index >= 15 is 0 Å². The minimum Gasteiger partial charge on any atom is -0.462 e. The first-order valence-electron chi connectivity index (χ1n) is 8.68. The lowest BCUT2D eigenvalue weighted by molar-refractivity contribution is -0.203. The normalized spacial score (nSPS) is 31.3. The molecule has 0 unspecified atom stereocenters. The van der Waals surface area contributed by atoms with Gasteiger partial charge in [0.15, 0.2) is 0 Å². The summed E-state index contributed by atoms with van der Waals surface area (Å²) in [5.41, 5.74) is 2.32. The molecule has 0 amide bonds. The fourth-order valence-electron chi connectivity index (χ4n) is 3.57. The Bertz CT molecular complexity index is 767. The average Bonchev–Trinajstić information content (AvgIpc) is 3.25. The van der Waals surface area contributed by atoms with Crippen LogP contribution in [0.5, 0.6) is 0 Å². The molecule has 1 saturated carbocycles. The highest BCUT2D eigenvalue weighted by molar-refractivity contribution is 14.1. The summed E-state index contributed by atoms with van der Waals surface area (Å²) in [6.45, 7) is -0.547. The number of anilines is 1. The molecule has 0 spiro atoms. The molecule has 1 aliphatic heterocycles. The number of carbonyl (C=O) groups is 1. The minimum atomic E-state index is -2.36. The van der Waals surface area contributed by atoms with Gasteiger partial charge in [0.05, 0.1) is 16.8 Å². The molecule has 11 heteroatoms. The molecule has 150 valence electrons. The molecule has 1 aromatic heterocycles. The number of aliphatic hydroxyl groups excluding tert-OH is 3. The first kappa shape index (κ1) is 20.5. The van der Waals surface area contributed by atoms with E-state index in [9.17, 15) is 24.9 Å². The monoisotopic (exact) mass is 495 g/mol. The summed E-state index contributed by atoms with van der Waals surface area (Å²) in [5, 5.41) is 30.2. The van der Waals surface area contributed by atoms with Gasteiger partial charge < -0.3 is 30.5 Å². The van der Waals surface area contributed by atoms with Gasteiger partial charge in [-0.2, -0.15) is 4.98 Å². The lowest BCUT2D eigenvalue weighted by Gasteiger charge is -2.31. The highest BCUT2D eigenvalue weighted by Gasteiger charge is 2.62. The number of hydrogen-bond donors (Lipinski definition) is 4. The standard InChI is InChI=1S/C16H22IN3O7/c17-9-5-20(15(25)19-13(9)18)16(12(23)11(22)10(6-21)27-16)14(24)26-7-8-3-1-2-4-8/h5,8,10-12,21-23H,1-4,6-7H2,(H2,18,19,25)/t10-,11-,12-,16+/m1/s1. The fourth-order valence-corrected chi connectivity index (χ4v) is 3.97. The predicted octanol–water partition coefficient (Wildman–Crippen LogP) is -1.07. The number of aromatic nitrogens is 2. The van der Waals surface area contributed by atoms with Crippen LogP contribution < -0.4 is 11.4 Å². The first-order chi connectivity index (χ1) is 12.8. The molecule has 2 heterocycles. The van der Waals surface area contributed by atoms with E-state index in [1.807, 2.05) is 22.6 Å². The van der Waals surface area contributed by atoms with Crippen molar-refractivity contribution >= 4 is 34.4 Å². The van der Waals surface area contributed by atoms with Crippen LogP contribution in [0, 0.1) is 9.49 Å².